The summed E-state index contributed by atoms with van der Waals surface area (Å²) in [6.45, 7) is 4.81. The number of rotatable bonds is 1. The van der Waals surface area contributed by atoms with Gasteiger partial charge in [-0.2, -0.15) is 0 Å². The number of nitrogens with zero attached hydrogens (tertiary/aromatic N) is 3. The third kappa shape index (κ3) is 3.14. The molecule has 0 unspecified atom stereocenters. The first kappa shape index (κ1) is 17.5. The van der Waals surface area contributed by atoms with Crippen molar-refractivity contribution in [2.45, 2.75) is 20.0 Å². The van der Waals surface area contributed by atoms with E-state index in [2.05, 4.69) is 31.2 Å². The Balaban J connectivity index is 1.76. The minimum absolute atomic E-state index is 0.140. The Hall–Kier alpha value is -1.87. The number of hydrogen-bond acceptors (Lipinski definition) is 7. The van der Waals surface area contributed by atoms with Crippen LogP contribution in [0.1, 0.15) is 24.2 Å². The van der Waals surface area contributed by atoms with Gasteiger partial charge in [-0.1, -0.05) is 15.9 Å². The number of halogens is 1. The number of anilines is 3. The molecule has 2 aliphatic rings. The summed E-state index contributed by atoms with van der Waals surface area (Å²) in [5.74, 6) is 2.48. The van der Waals surface area contributed by atoms with Gasteiger partial charge in [-0.3, -0.25) is 0 Å². The lowest BCUT2D eigenvalue weighted by Crippen LogP contribution is -2.41. The molecule has 1 atom stereocenters. The van der Waals surface area contributed by atoms with E-state index in [-0.39, 0.29) is 17.6 Å². The summed E-state index contributed by atoms with van der Waals surface area (Å²) < 4.78 is 30.7. The van der Waals surface area contributed by atoms with E-state index in [0.717, 1.165) is 32.9 Å². The van der Waals surface area contributed by atoms with Crippen molar-refractivity contribution in [3.05, 3.63) is 34.1 Å². The Labute approximate surface area is 160 Å². The van der Waals surface area contributed by atoms with Crippen molar-refractivity contribution in [2.24, 2.45) is 0 Å². The van der Waals surface area contributed by atoms with Crippen molar-refractivity contribution in [3.63, 3.8) is 0 Å². The van der Waals surface area contributed by atoms with Crippen molar-refractivity contribution in [1.82, 2.24) is 9.97 Å². The molecule has 2 aliphatic heterocycles. The highest BCUT2D eigenvalue weighted by atomic mass is 79.9. The van der Waals surface area contributed by atoms with Gasteiger partial charge in [0.2, 0.25) is 0 Å². The predicted molar refractivity (Wildman–Crippen MR) is 104 cm³/mol. The van der Waals surface area contributed by atoms with E-state index in [1.807, 2.05) is 30.9 Å². The van der Waals surface area contributed by atoms with E-state index in [1.54, 1.807) is 0 Å². The first-order valence-corrected chi connectivity index (χ1v) is 11.0. The van der Waals surface area contributed by atoms with Crippen molar-refractivity contribution < 1.29 is 13.2 Å². The van der Waals surface area contributed by atoms with Crippen molar-refractivity contribution >= 4 is 43.1 Å². The van der Waals surface area contributed by atoms with Crippen LogP contribution in [0.4, 0.5) is 17.3 Å². The summed E-state index contributed by atoms with van der Waals surface area (Å²) in [4.78, 5) is 10.9. The molecule has 0 amide bonds. The van der Waals surface area contributed by atoms with Crippen molar-refractivity contribution in [3.8, 4) is 5.75 Å². The highest BCUT2D eigenvalue weighted by Crippen LogP contribution is 2.43. The van der Waals surface area contributed by atoms with E-state index in [9.17, 15) is 8.42 Å². The lowest BCUT2D eigenvalue weighted by atomic mass is 10.1. The van der Waals surface area contributed by atoms with E-state index < -0.39 is 9.84 Å². The molecule has 1 N–H and O–H groups in total. The quantitative estimate of drug-likeness (QED) is 0.732. The topological polar surface area (TPSA) is 84.4 Å². The third-order valence-corrected chi connectivity index (χ3v) is 6.77. The lowest BCUT2D eigenvalue weighted by molar-refractivity contribution is 0.229. The van der Waals surface area contributed by atoms with Gasteiger partial charge in [-0.25, -0.2) is 18.4 Å². The van der Waals surface area contributed by atoms with Crippen LogP contribution in [0.2, 0.25) is 0 Å². The molecular weight excluding hydrogens is 420 g/mol. The van der Waals surface area contributed by atoms with Crippen molar-refractivity contribution in [2.75, 3.05) is 34.8 Å². The van der Waals surface area contributed by atoms with Crippen LogP contribution in [-0.4, -0.2) is 43.0 Å². The third-order valence-electron chi connectivity index (χ3n) is 4.70. The molecule has 26 heavy (non-hydrogen) atoms. The number of nitrogens with one attached hydrogen (secondary N) is 1. The molecule has 0 saturated carbocycles. The molecule has 4 rings (SSSR count). The molecule has 0 spiro atoms. The number of aryl methyl sites for hydroxylation is 1. The Morgan fingerprint density at radius 3 is 2.73 bits per heavy atom. The molecule has 1 saturated heterocycles. The first-order valence-electron chi connectivity index (χ1n) is 8.38. The van der Waals surface area contributed by atoms with E-state index in [4.69, 9.17) is 4.74 Å². The number of benzene rings is 1. The number of ether oxygens (including phenoxy) is 1. The molecule has 0 radical (unpaired) electrons. The van der Waals surface area contributed by atoms with Gasteiger partial charge in [0.25, 0.3) is 0 Å². The summed E-state index contributed by atoms with van der Waals surface area (Å²) in [7, 11) is -2.96. The van der Waals surface area contributed by atoms with E-state index in [1.165, 1.54) is 6.33 Å². The van der Waals surface area contributed by atoms with Gasteiger partial charge < -0.3 is 15.0 Å². The zero-order chi connectivity index (χ0) is 18.5. The molecule has 1 aromatic carbocycles. The van der Waals surface area contributed by atoms with Gasteiger partial charge in [0, 0.05) is 17.6 Å². The normalized spacial score (nSPS) is 21.0. The molecule has 2 aromatic rings. The molecule has 1 fully saturated rings. The predicted octanol–water partition coefficient (Wildman–Crippen LogP) is 2.98. The van der Waals surface area contributed by atoms with Crippen LogP contribution in [0.25, 0.3) is 0 Å². The molecule has 138 valence electrons. The Morgan fingerprint density at radius 1 is 1.27 bits per heavy atom. The number of hydrogen-bond donors (Lipinski definition) is 1. The maximum absolute atomic E-state index is 11.8. The number of aromatic nitrogens is 2. The first-order chi connectivity index (χ1) is 12.3. The maximum Gasteiger partial charge on any atom is 0.153 e. The van der Waals surface area contributed by atoms with Gasteiger partial charge >= 0.3 is 0 Å². The molecule has 1 aromatic heterocycles. The van der Waals surface area contributed by atoms with Crippen LogP contribution in [-0.2, 0) is 9.84 Å². The van der Waals surface area contributed by atoms with Gasteiger partial charge in [0.1, 0.15) is 29.8 Å². The average molecular weight is 439 g/mol. The molecule has 0 bridgehead atoms. The monoisotopic (exact) mass is 438 g/mol. The summed E-state index contributed by atoms with van der Waals surface area (Å²) in [5.41, 5.74) is 2.70. The summed E-state index contributed by atoms with van der Waals surface area (Å²) >= 11 is 3.52. The van der Waals surface area contributed by atoms with Crippen LogP contribution in [0, 0.1) is 6.92 Å². The van der Waals surface area contributed by atoms with Crippen LogP contribution >= 0.6 is 15.9 Å². The average Bonchev–Trinajstić information content (AvgIpc) is 2.71. The van der Waals surface area contributed by atoms with E-state index in [0.29, 0.717) is 18.9 Å². The Kier molecular flexibility index (Phi) is 4.31. The van der Waals surface area contributed by atoms with Gasteiger partial charge in [0.05, 0.1) is 22.8 Å². The highest BCUT2D eigenvalue weighted by Gasteiger charge is 2.30. The maximum atomic E-state index is 11.8. The lowest BCUT2D eigenvalue weighted by Gasteiger charge is -2.30. The fourth-order valence-electron chi connectivity index (χ4n) is 3.38. The summed E-state index contributed by atoms with van der Waals surface area (Å²) in [5, 5.41) is 3.36. The zero-order valence-corrected chi connectivity index (χ0v) is 16.9. The second-order valence-corrected chi connectivity index (χ2v) is 9.80. The summed E-state index contributed by atoms with van der Waals surface area (Å²) in [6.07, 6.45) is 1.24. The van der Waals surface area contributed by atoms with Crippen LogP contribution in [0.15, 0.2) is 22.9 Å². The molecule has 3 heterocycles. The van der Waals surface area contributed by atoms with Crippen LogP contribution < -0.4 is 15.0 Å². The highest BCUT2D eigenvalue weighted by molar-refractivity contribution is 9.10. The van der Waals surface area contributed by atoms with Gasteiger partial charge in [-0.05, 0) is 31.5 Å². The number of fused-ring (bicyclic) bond motifs is 2. The van der Waals surface area contributed by atoms with Crippen LogP contribution in [0.3, 0.4) is 0 Å². The second-order valence-electron chi connectivity index (χ2n) is 6.58. The van der Waals surface area contributed by atoms with Gasteiger partial charge in [0.15, 0.2) is 9.84 Å². The molecule has 7 nitrogen and oxygen atoms in total. The zero-order valence-electron chi connectivity index (χ0n) is 14.5. The standard InChI is InChI=1S/C17H19BrN4O3S/c1-10-7-12(18)8-13-15(10)25-11(2)14-16(21-13)19-9-20-17(14)22-3-5-26(23,24)6-4-22/h7-9,11H,3-6H2,1-2H3,(H,19,20,21)/t11-/m0/s1. The molecule has 9 heteroatoms. The number of sulfone groups is 1. The Morgan fingerprint density at radius 2 is 2.00 bits per heavy atom. The minimum atomic E-state index is -2.96. The minimum Gasteiger partial charge on any atom is -0.483 e. The van der Waals surface area contributed by atoms with Gasteiger partial charge in [-0.15, -0.1) is 0 Å². The summed E-state index contributed by atoms with van der Waals surface area (Å²) in [6, 6.07) is 3.96. The SMILES string of the molecule is Cc1cc(Br)cc2c1O[C@@H](C)c1c(ncnc1N1CCS(=O)(=O)CC1)N2. The largest absolute Gasteiger partial charge is 0.483 e. The molecule has 0 aliphatic carbocycles. The van der Waals surface area contributed by atoms with Crippen LogP contribution in [0.5, 0.6) is 5.75 Å². The van der Waals surface area contributed by atoms with Crippen molar-refractivity contribution in [1.29, 1.82) is 0 Å². The smallest absolute Gasteiger partial charge is 0.153 e. The fraction of sp³-hybridized carbons (Fsp3) is 0.412. The second kappa shape index (κ2) is 6.38. The molecular formula is C17H19BrN4O3S. The fourth-order valence-corrected chi connectivity index (χ4v) is 5.15. The Bertz CT molecular complexity index is 966. The van der Waals surface area contributed by atoms with E-state index >= 15 is 0 Å².